The van der Waals surface area contributed by atoms with Gasteiger partial charge >= 0.3 is 5.97 Å². The first-order valence-electron chi connectivity index (χ1n) is 5.93. The zero-order valence-corrected chi connectivity index (χ0v) is 10.4. The molecular formula is C13H18N2O3. The lowest BCUT2D eigenvalue weighted by molar-refractivity contribution is -0.120. The molecule has 1 rings (SSSR count). The maximum absolute atomic E-state index is 11.2. The Morgan fingerprint density at radius 3 is 2.78 bits per heavy atom. The second-order valence-corrected chi connectivity index (χ2v) is 3.89. The van der Waals surface area contributed by atoms with Crippen molar-refractivity contribution in [3.63, 3.8) is 0 Å². The third kappa shape index (κ3) is 4.97. The van der Waals surface area contributed by atoms with Crippen molar-refractivity contribution in [1.82, 2.24) is 10.6 Å². The van der Waals surface area contributed by atoms with E-state index in [1.165, 1.54) is 0 Å². The van der Waals surface area contributed by atoms with Crippen LogP contribution in [0.4, 0.5) is 0 Å². The van der Waals surface area contributed by atoms with E-state index in [9.17, 15) is 9.59 Å². The maximum Gasteiger partial charge on any atom is 0.335 e. The third-order valence-corrected chi connectivity index (χ3v) is 2.41. The van der Waals surface area contributed by atoms with Crippen LogP contribution in [0.15, 0.2) is 24.3 Å². The third-order valence-electron chi connectivity index (χ3n) is 2.41. The largest absolute Gasteiger partial charge is 0.478 e. The Balaban J connectivity index is 2.33. The lowest BCUT2D eigenvalue weighted by Crippen LogP contribution is -2.27. The summed E-state index contributed by atoms with van der Waals surface area (Å²) >= 11 is 0. The average molecular weight is 250 g/mol. The Labute approximate surface area is 106 Å². The quantitative estimate of drug-likeness (QED) is 0.631. The highest BCUT2D eigenvalue weighted by Gasteiger charge is 2.03. The number of aromatic carboxylic acids is 1. The molecule has 3 N–H and O–H groups in total. The van der Waals surface area contributed by atoms with Crippen molar-refractivity contribution < 1.29 is 14.7 Å². The summed E-state index contributed by atoms with van der Waals surface area (Å²) in [6, 6.07) is 6.75. The van der Waals surface area contributed by atoms with Crippen LogP contribution in [-0.2, 0) is 11.3 Å². The molecule has 0 radical (unpaired) electrons. The van der Waals surface area contributed by atoms with Crippen LogP contribution >= 0.6 is 0 Å². The fourth-order valence-corrected chi connectivity index (χ4v) is 1.53. The molecule has 0 saturated carbocycles. The lowest BCUT2D eigenvalue weighted by Gasteiger charge is -2.06. The van der Waals surface area contributed by atoms with Gasteiger partial charge in [0.2, 0.25) is 5.91 Å². The van der Waals surface area contributed by atoms with Gasteiger partial charge in [-0.15, -0.1) is 0 Å². The van der Waals surface area contributed by atoms with Crippen molar-refractivity contribution >= 4 is 11.9 Å². The van der Waals surface area contributed by atoms with E-state index in [4.69, 9.17) is 5.11 Å². The fourth-order valence-electron chi connectivity index (χ4n) is 1.53. The first kappa shape index (κ1) is 14.2. The molecule has 0 aliphatic rings. The Hall–Kier alpha value is -1.88. The van der Waals surface area contributed by atoms with Gasteiger partial charge in [-0.2, -0.15) is 0 Å². The number of carbonyl (C=O) groups is 2. The summed E-state index contributed by atoms with van der Waals surface area (Å²) in [6.07, 6.45) is 0.423. The molecule has 1 aromatic rings. The van der Waals surface area contributed by atoms with Gasteiger partial charge in [-0.1, -0.05) is 12.1 Å². The van der Waals surface area contributed by atoms with Crippen LogP contribution in [0, 0.1) is 0 Å². The highest BCUT2D eigenvalue weighted by molar-refractivity contribution is 5.87. The highest BCUT2D eigenvalue weighted by atomic mass is 16.4. The molecule has 5 heteroatoms. The lowest BCUT2D eigenvalue weighted by atomic mass is 10.1. The second kappa shape index (κ2) is 7.45. The zero-order valence-electron chi connectivity index (χ0n) is 10.4. The SMILES string of the molecule is CCNC(=O)CCNCc1cccc(C(=O)O)c1. The molecule has 18 heavy (non-hydrogen) atoms. The van der Waals surface area contributed by atoms with E-state index < -0.39 is 5.97 Å². The first-order valence-corrected chi connectivity index (χ1v) is 5.93. The smallest absolute Gasteiger partial charge is 0.335 e. The molecular weight excluding hydrogens is 232 g/mol. The van der Waals surface area contributed by atoms with Gasteiger partial charge in [0, 0.05) is 26.1 Å². The summed E-state index contributed by atoms with van der Waals surface area (Å²) in [4.78, 5) is 21.9. The summed E-state index contributed by atoms with van der Waals surface area (Å²) in [5, 5.41) is 14.7. The standard InChI is InChI=1S/C13H18N2O3/c1-2-15-12(16)6-7-14-9-10-4-3-5-11(8-10)13(17)18/h3-5,8,14H,2,6-7,9H2,1H3,(H,15,16)(H,17,18). The van der Waals surface area contributed by atoms with Gasteiger partial charge in [-0.05, 0) is 24.6 Å². The van der Waals surface area contributed by atoms with Crippen LogP contribution < -0.4 is 10.6 Å². The molecule has 0 spiro atoms. The van der Waals surface area contributed by atoms with Crippen molar-refractivity contribution in [1.29, 1.82) is 0 Å². The summed E-state index contributed by atoms with van der Waals surface area (Å²) in [5.41, 5.74) is 1.17. The van der Waals surface area contributed by atoms with E-state index in [-0.39, 0.29) is 11.5 Å². The fraction of sp³-hybridized carbons (Fsp3) is 0.385. The van der Waals surface area contributed by atoms with E-state index in [1.54, 1.807) is 18.2 Å². The topological polar surface area (TPSA) is 78.4 Å². The normalized spacial score (nSPS) is 10.1. The van der Waals surface area contributed by atoms with Gasteiger partial charge in [-0.25, -0.2) is 4.79 Å². The number of hydrogen-bond donors (Lipinski definition) is 3. The van der Waals surface area contributed by atoms with Gasteiger partial charge in [-0.3, -0.25) is 4.79 Å². The van der Waals surface area contributed by atoms with Gasteiger partial charge in [0.25, 0.3) is 0 Å². The average Bonchev–Trinajstić information content (AvgIpc) is 2.35. The predicted octanol–water partition coefficient (Wildman–Crippen LogP) is 1.00. The second-order valence-electron chi connectivity index (χ2n) is 3.89. The molecule has 0 heterocycles. The van der Waals surface area contributed by atoms with Crippen LogP contribution in [0.3, 0.4) is 0 Å². The van der Waals surface area contributed by atoms with E-state index in [0.29, 0.717) is 26.1 Å². The summed E-state index contributed by atoms with van der Waals surface area (Å²) in [6.45, 7) is 3.64. The monoisotopic (exact) mass is 250 g/mol. The Bertz CT molecular complexity index is 418. The highest BCUT2D eigenvalue weighted by Crippen LogP contribution is 2.04. The van der Waals surface area contributed by atoms with Gasteiger partial charge < -0.3 is 15.7 Å². The Kier molecular flexibility index (Phi) is 5.87. The zero-order chi connectivity index (χ0) is 13.4. The van der Waals surface area contributed by atoms with Crippen molar-refractivity contribution in [2.75, 3.05) is 13.1 Å². The van der Waals surface area contributed by atoms with Gasteiger partial charge in [0.15, 0.2) is 0 Å². The Morgan fingerprint density at radius 2 is 2.11 bits per heavy atom. The van der Waals surface area contributed by atoms with Crippen molar-refractivity contribution in [3.8, 4) is 0 Å². The molecule has 0 aromatic heterocycles. The molecule has 0 unspecified atom stereocenters. The molecule has 0 aliphatic carbocycles. The maximum atomic E-state index is 11.2. The minimum absolute atomic E-state index is 0.0179. The number of rotatable bonds is 7. The van der Waals surface area contributed by atoms with Crippen LogP contribution in [0.25, 0.3) is 0 Å². The van der Waals surface area contributed by atoms with Crippen LogP contribution in [-0.4, -0.2) is 30.1 Å². The summed E-state index contributed by atoms with van der Waals surface area (Å²) in [5.74, 6) is -0.913. The number of carboxylic acid groups (broad SMARTS) is 1. The minimum atomic E-state index is -0.931. The van der Waals surface area contributed by atoms with Crippen LogP contribution in [0.2, 0.25) is 0 Å². The van der Waals surface area contributed by atoms with E-state index >= 15 is 0 Å². The van der Waals surface area contributed by atoms with E-state index in [0.717, 1.165) is 5.56 Å². The molecule has 0 aliphatic heterocycles. The molecule has 0 saturated heterocycles. The summed E-state index contributed by atoms with van der Waals surface area (Å²) in [7, 11) is 0. The molecule has 98 valence electrons. The van der Waals surface area contributed by atoms with Crippen LogP contribution in [0.1, 0.15) is 29.3 Å². The van der Waals surface area contributed by atoms with E-state index in [2.05, 4.69) is 10.6 Å². The molecule has 0 atom stereocenters. The summed E-state index contributed by atoms with van der Waals surface area (Å²) < 4.78 is 0. The predicted molar refractivity (Wildman–Crippen MR) is 68.4 cm³/mol. The molecule has 1 amide bonds. The Morgan fingerprint density at radius 1 is 1.33 bits per heavy atom. The molecule has 5 nitrogen and oxygen atoms in total. The number of carboxylic acids is 1. The minimum Gasteiger partial charge on any atom is -0.478 e. The number of amides is 1. The van der Waals surface area contributed by atoms with E-state index in [1.807, 2.05) is 13.0 Å². The number of hydrogen-bond acceptors (Lipinski definition) is 3. The molecule has 0 bridgehead atoms. The van der Waals surface area contributed by atoms with Crippen molar-refractivity contribution in [2.45, 2.75) is 19.9 Å². The van der Waals surface area contributed by atoms with Gasteiger partial charge in [0.05, 0.1) is 5.56 Å². The van der Waals surface area contributed by atoms with Crippen LogP contribution in [0.5, 0.6) is 0 Å². The van der Waals surface area contributed by atoms with Crippen molar-refractivity contribution in [2.24, 2.45) is 0 Å². The van der Waals surface area contributed by atoms with Gasteiger partial charge in [0.1, 0.15) is 0 Å². The number of benzene rings is 1. The molecule has 0 fully saturated rings. The number of nitrogens with one attached hydrogen (secondary N) is 2. The van der Waals surface area contributed by atoms with Crippen molar-refractivity contribution in [3.05, 3.63) is 35.4 Å². The first-order chi connectivity index (χ1) is 8.63. The number of carbonyl (C=O) groups excluding carboxylic acids is 1. The molecule has 1 aromatic carbocycles.